The van der Waals surface area contributed by atoms with Crippen molar-refractivity contribution in [1.82, 2.24) is 4.98 Å². The highest BCUT2D eigenvalue weighted by Gasteiger charge is 1.91. The third-order valence-electron chi connectivity index (χ3n) is 1.25. The van der Waals surface area contributed by atoms with Crippen LogP contribution in [-0.2, 0) is 0 Å². The second kappa shape index (κ2) is 3.93. The number of pyridine rings is 1. The molecule has 0 aliphatic rings. The van der Waals surface area contributed by atoms with Gasteiger partial charge in [-0.3, -0.25) is 4.98 Å². The third-order valence-corrected chi connectivity index (χ3v) is 1.25. The Kier molecular flexibility index (Phi) is 2.86. The van der Waals surface area contributed by atoms with E-state index in [0.29, 0.717) is 13.2 Å². The number of rotatable bonds is 3. The number of nitrogens with zero attached hydrogens (tertiary/aromatic N) is 1. The van der Waals surface area contributed by atoms with Gasteiger partial charge in [-0.2, -0.15) is 0 Å². The van der Waals surface area contributed by atoms with Crippen LogP contribution in [0.1, 0.15) is 5.69 Å². The van der Waals surface area contributed by atoms with Crippen LogP contribution in [0.5, 0.6) is 5.75 Å². The predicted octanol–water partition coefficient (Wildman–Crippen LogP) is 0.728. The van der Waals surface area contributed by atoms with Crippen molar-refractivity contribution >= 4 is 0 Å². The van der Waals surface area contributed by atoms with Crippen molar-refractivity contribution in [3.8, 4) is 5.75 Å². The summed E-state index contributed by atoms with van der Waals surface area (Å²) in [6.45, 7) is 3.03. The fourth-order valence-corrected chi connectivity index (χ4v) is 0.786. The van der Waals surface area contributed by atoms with Crippen molar-refractivity contribution in [2.45, 2.75) is 6.92 Å². The monoisotopic (exact) mass is 152 g/mol. The molecule has 60 valence electrons. The molecule has 1 rings (SSSR count). The molecule has 0 amide bonds. The number of aryl methyl sites for hydroxylation is 1. The summed E-state index contributed by atoms with van der Waals surface area (Å²) in [5, 5.41) is 0. The van der Waals surface area contributed by atoms with E-state index < -0.39 is 0 Å². The van der Waals surface area contributed by atoms with Gasteiger partial charge in [-0.1, -0.05) is 0 Å². The third kappa shape index (κ3) is 2.55. The fourth-order valence-electron chi connectivity index (χ4n) is 0.786. The number of nitrogens with two attached hydrogens (primary N) is 1. The van der Waals surface area contributed by atoms with Gasteiger partial charge in [0.1, 0.15) is 12.4 Å². The quantitative estimate of drug-likeness (QED) is 0.694. The van der Waals surface area contributed by atoms with Gasteiger partial charge in [0.05, 0.1) is 0 Å². The van der Waals surface area contributed by atoms with E-state index in [9.17, 15) is 0 Å². The highest BCUT2D eigenvalue weighted by Crippen LogP contribution is 2.09. The smallest absolute Gasteiger partial charge is 0.122 e. The van der Waals surface area contributed by atoms with Crippen molar-refractivity contribution in [3.63, 3.8) is 0 Å². The largest absolute Gasteiger partial charge is 0.492 e. The minimum absolute atomic E-state index is 0.543. The van der Waals surface area contributed by atoms with E-state index in [0.717, 1.165) is 11.4 Å². The first-order valence-electron chi connectivity index (χ1n) is 3.58. The summed E-state index contributed by atoms with van der Waals surface area (Å²) in [4.78, 5) is 4.04. The lowest BCUT2D eigenvalue weighted by molar-refractivity contribution is 0.327. The minimum Gasteiger partial charge on any atom is -0.492 e. The molecular weight excluding hydrogens is 140 g/mol. The first-order chi connectivity index (χ1) is 5.33. The van der Waals surface area contributed by atoms with Crippen molar-refractivity contribution in [2.24, 2.45) is 5.73 Å². The van der Waals surface area contributed by atoms with E-state index in [1.807, 2.05) is 19.1 Å². The number of ether oxygens (including phenoxy) is 1. The van der Waals surface area contributed by atoms with E-state index in [-0.39, 0.29) is 0 Å². The number of hydrogen-bond donors (Lipinski definition) is 1. The Hall–Kier alpha value is -1.09. The van der Waals surface area contributed by atoms with E-state index in [2.05, 4.69) is 4.98 Å². The lowest BCUT2D eigenvalue weighted by Crippen LogP contribution is -2.10. The van der Waals surface area contributed by atoms with E-state index >= 15 is 0 Å². The maximum atomic E-state index is 5.27. The predicted molar refractivity (Wildman–Crippen MR) is 43.5 cm³/mol. The molecule has 2 N–H and O–H groups in total. The van der Waals surface area contributed by atoms with Crippen LogP contribution >= 0.6 is 0 Å². The molecule has 0 aliphatic carbocycles. The first-order valence-corrected chi connectivity index (χ1v) is 3.58. The van der Waals surface area contributed by atoms with Crippen molar-refractivity contribution in [3.05, 3.63) is 24.0 Å². The molecule has 1 heterocycles. The van der Waals surface area contributed by atoms with Crippen LogP contribution in [0.3, 0.4) is 0 Å². The van der Waals surface area contributed by atoms with Crippen molar-refractivity contribution in [1.29, 1.82) is 0 Å². The molecular formula is C8H12N2O. The maximum absolute atomic E-state index is 5.27. The Balaban J connectivity index is 2.56. The Morgan fingerprint density at radius 2 is 2.45 bits per heavy atom. The molecule has 3 heteroatoms. The Bertz CT molecular complexity index is 225. The van der Waals surface area contributed by atoms with Crippen LogP contribution in [0.25, 0.3) is 0 Å². The van der Waals surface area contributed by atoms with Gasteiger partial charge in [-0.05, 0) is 13.0 Å². The molecule has 1 aromatic rings. The molecule has 0 unspecified atom stereocenters. The molecule has 0 atom stereocenters. The standard InChI is InChI=1S/C8H12N2O/c1-7-6-8(2-4-10-7)11-5-3-9/h2,4,6H,3,5,9H2,1H3. The molecule has 0 aromatic carbocycles. The topological polar surface area (TPSA) is 48.1 Å². The second-order valence-corrected chi connectivity index (χ2v) is 2.27. The second-order valence-electron chi connectivity index (χ2n) is 2.27. The SMILES string of the molecule is Cc1cc(OCCN)ccn1. The van der Waals surface area contributed by atoms with E-state index in [1.165, 1.54) is 0 Å². The van der Waals surface area contributed by atoms with Gasteiger partial charge >= 0.3 is 0 Å². The van der Waals surface area contributed by atoms with E-state index in [4.69, 9.17) is 10.5 Å². The fraction of sp³-hybridized carbons (Fsp3) is 0.375. The van der Waals surface area contributed by atoms with Gasteiger partial charge in [-0.25, -0.2) is 0 Å². The lowest BCUT2D eigenvalue weighted by atomic mass is 10.4. The highest BCUT2D eigenvalue weighted by atomic mass is 16.5. The summed E-state index contributed by atoms with van der Waals surface area (Å²) in [5.41, 5.74) is 6.23. The number of aromatic nitrogens is 1. The average molecular weight is 152 g/mol. The molecule has 0 aliphatic heterocycles. The molecule has 0 fully saturated rings. The summed E-state index contributed by atoms with van der Waals surface area (Å²) in [5.74, 6) is 0.836. The lowest BCUT2D eigenvalue weighted by Gasteiger charge is -2.03. The summed E-state index contributed by atoms with van der Waals surface area (Å²) in [6, 6.07) is 3.71. The molecule has 3 nitrogen and oxygen atoms in total. The van der Waals surface area contributed by atoms with Gasteiger partial charge in [0.15, 0.2) is 0 Å². The van der Waals surface area contributed by atoms with E-state index in [1.54, 1.807) is 6.20 Å². The summed E-state index contributed by atoms with van der Waals surface area (Å²) in [7, 11) is 0. The molecule has 0 bridgehead atoms. The molecule has 0 saturated heterocycles. The molecule has 11 heavy (non-hydrogen) atoms. The van der Waals surface area contributed by atoms with Gasteiger partial charge in [0.25, 0.3) is 0 Å². The Labute approximate surface area is 66.2 Å². The van der Waals surface area contributed by atoms with Crippen LogP contribution in [0.15, 0.2) is 18.3 Å². The zero-order valence-corrected chi connectivity index (χ0v) is 6.58. The highest BCUT2D eigenvalue weighted by molar-refractivity contribution is 5.21. The van der Waals surface area contributed by atoms with Crippen LogP contribution < -0.4 is 10.5 Å². The molecule has 1 aromatic heterocycles. The van der Waals surface area contributed by atoms with Gasteiger partial charge in [-0.15, -0.1) is 0 Å². The first kappa shape index (κ1) is 8.01. The van der Waals surface area contributed by atoms with Crippen LogP contribution in [0.4, 0.5) is 0 Å². The minimum atomic E-state index is 0.543. The van der Waals surface area contributed by atoms with Crippen LogP contribution in [0.2, 0.25) is 0 Å². The maximum Gasteiger partial charge on any atom is 0.122 e. The zero-order chi connectivity index (χ0) is 8.10. The Morgan fingerprint density at radius 3 is 3.09 bits per heavy atom. The Morgan fingerprint density at radius 1 is 1.64 bits per heavy atom. The molecule has 0 spiro atoms. The zero-order valence-electron chi connectivity index (χ0n) is 6.58. The van der Waals surface area contributed by atoms with Crippen LogP contribution in [-0.4, -0.2) is 18.1 Å². The van der Waals surface area contributed by atoms with Gasteiger partial charge in [0.2, 0.25) is 0 Å². The molecule has 0 radical (unpaired) electrons. The average Bonchev–Trinajstić information content (AvgIpc) is 2.01. The van der Waals surface area contributed by atoms with Gasteiger partial charge < -0.3 is 10.5 Å². The van der Waals surface area contributed by atoms with Crippen molar-refractivity contribution in [2.75, 3.05) is 13.2 Å². The summed E-state index contributed by atoms with van der Waals surface area (Å²) >= 11 is 0. The van der Waals surface area contributed by atoms with Crippen molar-refractivity contribution < 1.29 is 4.74 Å². The van der Waals surface area contributed by atoms with Crippen LogP contribution in [0, 0.1) is 6.92 Å². The van der Waals surface area contributed by atoms with Gasteiger partial charge in [0, 0.05) is 24.5 Å². The normalized spacial score (nSPS) is 9.64. The summed E-state index contributed by atoms with van der Waals surface area (Å²) in [6.07, 6.45) is 1.72. The molecule has 0 saturated carbocycles. The number of hydrogen-bond acceptors (Lipinski definition) is 3. The summed E-state index contributed by atoms with van der Waals surface area (Å²) < 4.78 is 5.27.